The lowest BCUT2D eigenvalue weighted by Gasteiger charge is -2.19. The largest absolute Gasteiger partial charge is 0.272 e. The van der Waals surface area contributed by atoms with E-state index >= 15 is 0 Å². The van der Waals surface area contributed by atoms with E-state index in [0.29, 0.717) is 5.56 Å². The summed E-state index contributed by atoms with van der Waals surface area (Å²) in [5.41, 5.74) is 3.02. The first-order valence-corrected chi connectivity index (χ1v) is 13.2. The van der Waals surface area contributed by atoms with E-state index in [1.165, 1.54) is 24.3 Å². The number of hydrogen-bond donors (Lipinski definition) is 1. The number of rotatable bonds is 6. The molecule has 2 N–H and O–H groups in total. The molecular formula is C22H27N3O4S2. The van der Waals surface area contributed by atoms with Crippen LogP contribution >= 0.6 is 0 Å². The summed E-state index contributed by atoms with van der Waals surface area (Å²) in [7, 11) is -6.96. The number of nitriles is 1. The van der Waals surface area contributed by atoms with E-state index in [1.807, 2.05) is 27.7 Å². The second-order valence-electron chi connectivity index (χ2n) is 8.03. The van der Waals surface area contributed by atoms with Crippen LogP contribution in [0.25, 0.3) is 0 Å². The molecule has 0 fully saturated rings. The minimum Gasteiger partial charge on any atom is -0.272 e. The highest BCUT2D eigenvalue weighted by Crippen LogP contribution is 2.30. The van der Waals surface area contributed by atoms with Crippen molar-refractivity contribution in [3.63, 3.8) is 0 Å². The summed E-state index contributed by atoms with van der Waals surface area (Å²) in [4.78, 5) is 12.9. The van der Waals surface area contributed by atoms with Crippen molar-refractivity contribution in [2.75, 3.05) is 6.26 Å². The van der Waals surface area contributed by atoms with Gasteiger partial charge >= 0.3 is 0 Å². The molecule has 31 heavy (non-hydrogen) atoms. The zero-order chi connectivity index (χ0) is 23.6. The predicted octanol–water partition coefficient (Wildman–Crippen LogP) is 3.68. The van der Waals surface area contributed by atoms with Gasteiger partial charge < -0.3 is 0 Å². The van der Waals surface area contributed by atoms with Crippen molar-refractivity contribution in [3.05, 3.63) is 58.7 Å². The van der Waals surface area contributed by atoms with Gasteiger partial charge in [-0.05, 0) is 64.9 Å². The Balaban J connectivity index is 2.48. The molecule has 2 rings (SSSR count). The fraction of sp³-hybridized carbons (Fsp3) is 0.364. The molecule has 9 heteroatoms. The number of carbonyl (C=O) groups is 1. The molecule has 1 atom stereocenters. The zero-order valence-electron chi connectivity index (χ0n) is 18.2. The molecular weight excluding hydrogens is 434 g/mol. The SMILES string of the molecule is CC(C)c1cc(C#N)cc(C(C)C)c1CC(=O)N=S(N)(=O)c1ccc(S(C)(=O)=O)cc1. The predicted molar refractivity (Wildman–Crippen MR) is 121 cm³/mol. The first-order valence-electron chi connectivity index (χ1n) is 9.71. The number of benzene rings is 2. The zero-order valence-corrected chi connectivity index (χ0v) is 19.9. The molecule has 0 bridgehead atoms. The highest BCUT2D eigenvalue weighted by atomic mass is 32.2. The van der Waals surface area contributed by atoms with Gasteiger partial charge in [0.1, 0.15) is 9.92 Å². The smallest absolute Gasteiger partial charge is 0.259 e. The summed E-state index contributed by atoms with van der Waals surface area (Å²) in [5.74, 6) is -0.507. The molecule has 0 aliphatic carbocycles. The molecule has 0 radical (unpaired) electrons. The van der Waals surface area contributed by atoms with Crippen molar-refractivity contribution < 1.29 is 17.4 Å². The molecule has 2 aromatic carbocycles. The molecule has 0 aromatic heterocycles. The maximum atomic E-state index is 12.9. The molecule has 0 spiro atoms. The van der Waals surface area contributed by atoms with E-state index in [-0.39, 0.29) is 28.0 Å². The second kappa shape index (κ2) is 9.30. The summed E-state index contributed by atoms with van der Waals surface area (Å²) < 4.78 is 39.8. The summed E-state index contributed by atoms with van der Waals surface area (Å²) >= 11 is 0. The van der Waals surface area contributed by atoms with Gasteiger partial charge in [0.15, 0.2) is 9.84 Å². The minimum atomic E-state index is -3.54. The molecule has 0 aliphatic heterocycles. The number of nitrogens with two attached hydrogens (primary N) is 1. The van der Waals surface area contributed by atoms with Gasteiger partial charge in [-0.15, -0.1) is 4.36 Å². The number of hydrogen-bond acceptors (Lipinski definition) is 5. The standard InChI is InChI=1S/C22H27N3O4S2/c1-14(2)19-10-16(13-23)11-20(15(3)4)21(19)12-22(26)25-31(24,29)18-8-6-17(7-9-18)30(5,27)28/h6-11,14-15H,12H2,1-5H3,(H2,24,25,26,29). The molecule has 0 aliphatic rings. The lowest BCUT2D eigenvalue weighted by Crippen LogP contribution is -2.17. The van der Waals surface area contributed by atoms with Crippen molar-refractivity contribution in [2.24, 2.45) is 9.50 Å². The highest BCUT2D eigenvalue weighted by Gasteiger charge is 2.20. The van der Waals surface area contributed by atoms with E-state index in [9.17, 15) is 22.7 Å². The van der Waals surface area contributed by atoms with Crippen molar-refractivity contribution >= 4 is 25.7 Å². The maximum Gasteiger partial charge on any atom is 0.259 e. The van der Waals surface area contributed by atoms with Crippen LogP contribution in [0.5, 0.6) is 0 Å². The average molecular weight is 462 g/mol. The first kappa shape index (κ1) is 24.7. The Bertz CT molecular complexity index is 1230. The van der Waals surface area contributed by atoms with Crippen LogP contribution in [0.2, 0.25) is 0 Å². The summed E-state index contributed by atoms with van der Waals surface area (Å²) in [5, 5.41) is 15.2. The van der Waals surface area contributed by atoms with E-state index in [4.69, 9.17) is 5.14 Å². The van der Waals surface area contributed by atoms with Crippen LogP contribution in [0.15, 0.2) is 50.6 Å². The van der Waals surface area contributed by atoms with Gasteiger partial charge in [-0.3, -0.25) is 4.79 Å². The van der Waals surface area contributed by atoms with Crippen LogP contribution in [-0.2, 0) is 31.0 Å². The van der Waals surface area contributed by atoms with Crippen molar-refractivity contribution in [1.29, 1.82) is 5.26 Å². The van der Waals surface area contributed by atoms with E-state index in [2.05, 4.69) is 10.4 Å². The Labute approximate surface area is 184 Å². The fourth-order valence-corrected chi connectivity index (χ4v) is 4.91. The fourth-order valence-electron chi connectivity index (χ4n) is 3.29. The van der Waals surface area contributed by atoms with Gasteiger partial charge in [-0.2, -0.15) is 5.26 Å². The molecule has 7 nitrogen and oxygen atoms in total. The van der Waals surface area contributed by atoms with Crippen LogP contribution in [0.1, 0.15) is 61.8 Å². The Morgan fingerprint density at radius 2 is 1.45 bits per heavy atom. The highest BCUT2D eigenvalue weighted by molar-refractivity contribution is 7.92. The van der Waals surface area contributed by atoms with Crippen LogP contribution in [-0.4, -0.2) is 24.8 Å². The summed E-state index contributed by atoms with van der Waals surface area (Å²) in [6.07, 6.45) is 0.966. The van der Waals surface area contributed by atoms with Crippen LogP contribution in [0.4, 0.5) is 0 Å². The molecule has 0 heterocycles. The third kappa shape index (κ3) is 6.00. The Hall–Kier alpha value is -2.54. The van der Waals surface area contributed by atoms with Crippen molar-refractivity contribution in [3.8, 4) is 6.07 Å². The normalized spacial score (nSPS) is 13.6. The lowest BCUT2D eigenvalue weighted by molar-refractivity contribution is -0.117. The second-order valence-corrected chi connectivity index (χ2v) is 11.8. The first-order chi connectivity index (χ1) is 14.3. The minimum absolute atomic E-state index is 0.0542. The number of nitrogens with zero attached hydrogens (tertiary/aromatic N) is 2. The summed E-state index contributed by atoms with van der Waals surface area (Å²) in [6, 6.07) is 10.9. The maximum absolute atomic E-state index is 12.9. The van der Waals surface area contributed by atoms with Crippen LogP contribution in [0.3, 0.4) is 0 Å². The molecule has 2 aromatic rings. The van der Waals surface area contributed by atoms with E-state index < -0.39 is 25.7 Å². The average Bonchev–Trinajstić information content (AvgIpc) is 2.66. The van der Waals surface area contributed by atoms with Gasteiger partial charge in [0.2, 0.25) is 0 Å². The molecule has 0 saturated carbocycles. The third-order valence-electron chi connectivity index (χ3n) is 4.85. The van der Waals surface area contributed by atoms with Gasteiger partial charge in [0, 0.05) is 6.26 Å². The Morgan fingerprint density at radius 3 is 1.84 bits per heavy atom. The lowest BCUT2D eigenvalue weighted by atomic mass is 9.85. The molecule has 166 valence electrons. The molecule has 1 amide bonds. The van der Waals surface area contributed by atoms with Crippen molar-refractivity contribution in [2.45, 2.75) is 55.7 Å². The number of carbonyl (C=O) groups excluding carboxylic acids is 1. The monoisotopic (exact) mass is 461 g/mol. The summed E-state index contributed by atoms with van der Waals surface area (Å²) in [6.45, 7) is 7.89. The van der Waals surface area contributed by atoms with Crippen molar-refractivity contribution in [1.82, 2.24) is 0 Å². The van der Waals surface area contributed by atoms with Gasteiger partial charge in [0.05, 0.1) is 27.8 Å². The van der Waals surface area contributed by atoms with Gasteiger partial charge in [0.25, 0.3) is 5.91 Å². The third-order valence-corrected chi connectivity index (χ3v) is 7.40. The number of sulfone groups is 1. The van der Waals surface area contributed by atoms with Gasteiger partial charge in [-0.25, -0.2) is 17.8 Å². The van der Waals surface area contributed by atoms with Gasteiger partial charge in [-0.1, -0.05) is 27.7 Å². The van der Waals surface area contributed by atoms with Crippen LogP contribution < -0.4 is 5.14 Å². The molecule has 1 unspecified atom stereocenters. The van der Waals surface area contributed by atoms with E-state index in [1.54, 1.807) is 12.1 Å². The van der Waals surface area contributed by atoms with E-state index in [0.717, 1.165) is 22.9 Å². The topological polar surface area (TPSA) is 130 Å². The Morgan fingerprint density at radius 1 is 1.00 bits per heavy atom. The van der Waals surface area contributed by atoms with Crippen LogP contribution in [0, 0.1) is 11.3 Å². The Kier molecular flexibility index (Phi) is 7.42. The number of amides is 1. The quantitative estimate of drug-likeness (QED) is 0.701. The molecule has 0 saturated heterocycles.